The highest BCUT2D eigenvalue weighted by atomic mass is 16.3. The van der Waals surface area contributed by atoms with Gasteiger partial charge in [-0.15, -0.1) is 0 Å². The maximum absolute atomic E-state index is 11.3. The van der Waals surface area contributed by atoms with Crippen molar-refractivity contribution in [2.75, 3.05) is 19.6 Å². The van der Waals surface area contributed by atoms with Crippen LogP contribution in [0.5, 0.6) is 0 Å². The van der Waals surface area contributed by atoms with Crippen LogP contribution in [0.3, 0.4) is 0 Å². The number of nitrogens with zero attached hydrogens (tertiary/aromatic N) is 1. The van der Waals surface area contributed by atoms with Crippen molar-refractivity contribution >= 4 is 0 Å². The van der Waals surface area contributed by atoms with Crippen LogP contribution >= 0.6 is 0 Å². The summed E-state index contributed by atoms with van der Waals surface area (Å²) in [5.41, 5.74) is 5.60. The molecule has 0 aromatic heterocycles. The Labute approximate surface area is 118 Å². The Hall–Kier alpha value is -0.120. The van der Waals surface area contributed by atoms with E-state index in [1.165, 1.54) is 19.3 Å². The molecule has 0 aromatic rings. The SMILES string of the molecule is CC(C)N1CCCC(O)(C2(CN)CCCCC2)CC1. The average Bonchev–Trinajstić information content (AvgIpc) is 2.63. The maximum atomic E-state index is 11.3. The molecule has 19 heavy (non-hydrogen) atoms. The molecule has 0 amide bonds. The number of nitrogens with two attached hydrogens (primary N) is 1. The first-order valence-electron chi connectivity index (χ1n) is 8.19. The Morgan fingerprint density at radius 3 is 2.26 bits per heavy atom. The summed E-state index contributed by atoms with van der Waals surface area (Å²) in [6.07, 6.45) is 9.01. The van der Waals surface area contributed by atoms with E-state index in [-0.39, 0.29) is 5.41 Å². The second-order valence-electron chi connectivity index (χ2n) is 7.06. The van der Waals surface area contributed by atoms with Gasteiger partial charge in [-0.1, -0.05) is 19.3 Å². The van der Waals surface area contributed by atoms with Crippen LogP contribution in [-0.4, -0.2) is 41.3 Å². The predicted octanol–water partition coefficient (Wildman–Crippen LogP) is 2.52. The summed E-state index contributed by atoms with van der Waals surface area (Å²) >= 11 is 0. The molecule has 0 aromatic carbocycles. The highest BCUT2D eigenvalue weighted by Gasteiger charge is 2.49. The van der Waals surface area contributed by atoms with Crippen molar-refractivity contribution in [2.45, 2.75) is 76.9 Å². The molecule has 2 aliphatic rings. The molecule has 2 fully saturated rings. The summed E-state index contributed by atoms with van der Waals surface area (Å²) in [4.78, 5) is 2.50. The van der Waals surface area contributed by atoms with Crippen LogP contribution in [0.2, 0.25) is 0 Å². The van der Waals surface area contributed by atoms with E-state index >= 15 is 0 Å². The van der Waals surface area contributed by atoms with E-state index in [0.717, 1.165) is 45.2 Å². The second kappa shape index (κ2) is 6.11. The molecule has 1 saturated carbocycles. The molecular weight excluding hydrogens is 236 g/mol. The van der Waals surface area contributed by atoms with Gasteiger partial charge in [0.05, 0.1) is 5.60 Å². The maximum Gasteiger partial charge on any atom is 0.0728 e. The Balaban J connectivity index is 2.11. The van der Waals surface area contributed by atoms with E-state index in [4.69, 9.17) is 5.73 Å². The van der Waals surface area contributed by atoms with Crippen LogP contribution in [0, 0.1) is 5.41 Å². The Bertz CT molecular complexity index is 286. The van der Waals surface area contributed by atoms with E-state index in [2.05, 4.69) is 18.7 Å². The van der Waals surface area contributed by atoms with Crippen molar-refractivity contribution in [1.29, 1.82) is 0 Å². The van der Waals surface area contributed by atoms with Gasteiger partial charge in [-0.3, -0.25) is 0 Å². The van der Waals surface area contributed by atoms with Crippen molar-refractivity contribution in [3.8, 4) is 0 Å². The molecule has 1 atom stereocenters. The average molecular weight is 268 g/mol. The van der Waals surface area contributed by atoms with Crippen LogP contribution in [-0.2, 0) is 0 Å². The highest BCUT2D eigenvalue weighted by molar-refractivity contribution is 5.02. The second-order valence-corrected chi connectivity index (χ2v) is 7.06. The van der Waals surface area contributed by atoms with Gasteiger partial charge in [-0.2, -0.15) is 0 Å². The number of aliphatic hydroxyl groups is 1. The van der Waals surface area contributed by atoms with Gasteiger partial charge in [0, 0.05) is 24.5 Å². The fourth-order valence-electron chi connectivity index (χ4n) is 4.27. The number of hydrogen-bond donors (Lipinski definition) is 2. The topological polar surface area (TPSA) is 49.5 Å². The molecule has 3 heteroatoms. The van der Waals surface area contributed by atoms with E-state index in [1.807, 2.05) is 0 Å². The van der Waals surface area contributed by atoms with Gasteiger partial charge in [0.2, 0.25) is 0 Å². The highest BCUT2D eigenvalue weighted by Crippen LogP contribution is 2.48. The van der Waals surface area contributed by atoms with Crippen LogP contribution < -0.4 is 5.73 Å². The Morgan fingerprint density at radius 2 is 1.68 bits per heavy atom. The first-order chi connectivity index (χ1) is 9.03. The zero-order valence-electron chi connectivity index (χ0n) is 12.8. The van der Waals surface area contributed by atoms with Crippen molar-refractivity contribution in [3.05, 3.63) is 0 Å². The van der Waals surface area contributed by atoms with Crippen molar-refractivity contribution in [2.24, 2.45) is 11.1 Å². The summed E-state index contributed by atoms with van der Waals surface area (Å²) in [6, 6.07) is 0.586. The van der Waals surface area contributed by atoms with Crippen molar-refractivity contribution in [3.63, 3.8) is 0 Å². The van der Waals surface area contributed by atoms with Gasteiger partial charge >= 0.3 is 0 Å². The Kier molecular flexibility index (Phi) is 4.91. The largest absolute Gasteiger partial charge is 0.389 e. The zero-order chi connectivity index (χ0) is 13.9. The standard InChI is InChI=1S/C16H32N2O/c1-14(2)18-11-6-9-16(19,10-12-18)15(13-17)7-4-3-5-8-15/h14,19H,3-13,17H2,1-2H3. The van der Waals surface area contributed by atoms with E-state index in [9.17, 15) is 5.11 Å². The lowest BCUT2D eigenvalue weighted by Gasteiger charge is -2.49. The lowest BCUT2D eigenvalue weighted by atomic mass is 9.61. The van der Waals surface area contributed by atoms with Gasteiger partial charge in [0.25, 0.3) is 0 Å². The third kappa shape index (κ3) is 2.98. The minimum Gasteiger partial charge on any atom is -0.389 e. The first-order valence-corrected chi connectivity index (χ1v) is 8.19. The molecule has 3 N–H and O–H groups in total. The molecule has 1 heterocycles. The third-order valence-corrected chi connectivity index (χ3v) is 5.77. The minimum absolute atomic E-state index is 0.00175. The fourth-order valence-corrected chi connectivity index (χ4v) is 4.27. The van der Waals surface area contributed by atoms with Gasteiger partial charge in [-0.05, 0) is 52.5 Å². The summed E-state index contributed by atoms with van der Waals surface area (Å²) < 4.78 is 0. The quantitative estimate of drug-likeness (QED) is 0.827. The fraction of sp³-hybridized carbons (Fsp3) is 1.00. The normalized spacial score (nSPS) is 33.3. The molecular formula is C16H32N2O. The van der Waals surface area contributed by atoms with Gasteiger partial charge < -0.3 is 15.7 Å². The lowest BCUT2D eigenvalue weighted by molar-refractivity contribution is -0.108. The summed E-state index contributed by atoms with van der Waals surface area (Å²) in [6.45, 7) is 7.31. The van der Waals surface area contributed by atoms with Crippen molar-refractivity contribution < 1.29 is 5.11 Å². The monoisotopic (exact) mass is 268 g/mol. The van der Waals surface area contributed by atoms with Gasteiger partial charge in [0.15, 0.2) is 0 Å². The zero-order valence-corrected chi connectivity index (χ0v) is 12.8. The molecule has 2 rings (SSSR count). The molecule has 1 saturated heterocycles. The molecule has 0 radical (unpaired) electrons. The first kappa shape index (κ1) is 15.3. The van der Waals surface area contributed by atoms with Crippen LogP contribution in [0.25, 0.3) is 0 Å². The molecule has 0 spiro atoms. The summed E-state index contributed by atoms with van der Waals surface area (Å²) in [5.74, 6) is 0. The lowest BCUT2D eigenvalue weighted by Crippen LogP contribution is -2.54. The minimum atomic E-state index is -0.522. The van der Waals surface area contributed by atoms with Gasteiger partial charge in [-0.25, -0.2) is 0 Å². The number of likely N-dealkylation sites (tertiary alicyclic amines) is 1. The van der Waals surface area contributed by atoms with Crippen LogP contribution in [0.1, 0.15) is 65.2 Å². The van der Waals surface area contributed by atoms with E-state index in [1.54, 1.807) is 0 Å². The van der Waals surface area contributed by atoms with E-state index < -0.39 is 5.60 Å². The number of rotatable bonds is 3. The third-order valence-electron chi connectivity index (χ3n) is 5.77. The van der Waals surface area contributed by atoms with Crippen LogP contribution in [0.4, 0.5) is 0 Å². The van der Waals surface area contributed by atoms with Crippen molar-refractivity contribution in [1.82, 2.24) is 4.90 Å². The molecule has 1 unspecified atom stereocenters. The molecule has 1 aliphatic heterocycles. The number of hydrogen-bond acceptors (Lipinski definition) is 3. The van der Waals surface area contributed by atoms with Crippen LogP contribution in [0.15, 0.2) is 0 Å². The molecule has 112 valence electrons. The van der Waals surface area contributed by atoms with Gasteiger partial charge in [0.1, 0.15) is 0 Å². The molecule has 3 nitrogen and oxygen atoms in total. The summed E-state index contributed by atoms with van der Waals surface area (Å²) in [7, 11) is 0. The predicted molar refractivity (Wildman–Crippen MR) is 80.1 cm³/mol. The smallest absolute Gasteiger partial charge is 0.0728 e. The van der Waals surface area contributed by atoms with E-state index in [0.29, 0.717) is 12.6 Å². The Morgan fingerprint density at radius 1 is 1.00 bits per heavy atom. The molecule has 0 bridgehead atoms. The molecule has 1 aliphatic carbocycles. The summed E-state index contributed by atoms with van der Waals surface area (Å²) in [5, 5.41) is 11.3.